The molecule has 0 amide bonds. The molecule has 0 aromatic carbocycles. The van der Waals surface area contributed by atoms with Crippen molar-refractivity contribution in [1.29, 1.82) is 5.26 Å². The highest BCUT2D eigenvalue weighted by molar-refractivity contribution is 8.24. The number of hydrogen-bond donors (Lipinski definition) is 0. The minimum Gasteiger partial charge on any atom is -0.220 e. The summed E-state index contributed by atoms with van der Waals surface area (Å²) in [6, 6.07) is 4.26. The van der Waals surface area contributed by atoms with Gasteiger partial charge in [-0.05, 0) is 33.3 Å². The second kappa shape index (κ2) is 4.98. The van der Waals surface area contributed by atoms with Gasteiger partial charge in [-0.15, -0.1) is 0 Å². The van der Waals surface area contributed by atoms with Gasteiger partial charge in [0.2, 0.25) is 0 Å². The van der Waals surface area contributed by atoms with E-state index in [1.807, 2.05) is 33.8 Å². The van der Waals surface area contributed by atoms with Gasteiger partial charge >= 0.3 is 0 Å². The lowest BCUT2D eigenvalue weighted by atomic mass is 10.1. The van der Waals surface area contributed by atoms with Gasteiger partial charge in [-0.1, -0.05) is 30.9 Å². The Kier molecular flexibility index (Phi) is 4.11. The quantitative estimate of drug-likeness (QED) is 0.760. The van der Waals surface area contributed by atoms with Gasteiger partial charge in [0, 0.05) is 5.69 Å². The fourth-order valence-electron chi connectivity index (χ4n) is 1.22. The topological polar surface area (TPSA) is 41.6 Å². The predicted octanol–water partition coefficient (Wildman–Crippen LogP) is 3.06. The smallest absolute Gasteiger partial charge is 0.163 e. The Morgan fingerprint density at radius 3 is 2.69 bits per heavy atom. The second-order valence-electron chi connectivity index (χ2n) is 3.90. The van der Waals surface area contributed by atoms with E-state index >= 15 is 0 Å². The molecule has 0 N–H and O–H groups in total. The maximum atomic E-state index is 9.10. The van der Waals surface area contributed by atoms with E-state index in [-0.39, 0.29) is 0 Å². The second-order valence-corrected chi connectivity index (χ2v) is 6.04. The summed E-state index contributed by atoms with van der Waals surface area (Å²) in [6.45, 7) is 7.78. The van der Waals surface area contributed by atoms with Crippen LogP contribution in [0.1, 0.15) is 31.7 Å². The number of nitriles is 1. The fourth-order valence-corrected chi connectivity index (χ4v) is 2.81. The van der Waals surface area contributed by atoms with Crippen LogP contribution in [-0.4, -0.2) is 18.8 Å². The van der Waals surface area contributed by atoms with E-state index in [9.17, 15) is 0 Å². The Bertz CT molecular complexity index is 445. The van der Waals surface area contributed by atoms with E-state index in [1.165, 1.54) is 11.8 Å². The monoisotopic (exact) mass is 253 g/mol. The van der Waals surface area contributed by atoms with Gasteiger partial charge in [0.25, 0.3) is 0 Å². The molecule has 0 bridgehead atoms. The van der Waals surface area contributed by atoms with Gasteiger partial charge in [-0.2, -0.15) is 10.4 Å². The molecule has 1 rings (SSSR count). The van der Waals surface area contributed by atoms with Crippen LogP contribution in [-0.2, 0) is 0 Å². The third-order valence-electron chi connectivity index (χ3n) is 2.41. The molecule has 0 saturated carbocycles. The van der Waals surface area contributed by atoms with Gasteiger partial charge < -0.3 is 0 Å². The van der Waals surface area contributed by atoms with Crippen LogP contribution in [0.5, 0.6) is 0 Å². The number of thioether (sulfide) groups is 1. The van der Waals surface area contributed by atoms with E-state index in [4.69, 9.17) is 17.5 Å². The number of rotatable bonds is 2. The molecule has 0 fully saturated rings. The molecule has 0 aliphatic heterocycles. The van der Waals surface area contributed by atoms with E-state index in [1.54, 1.807) is 4.68 Å². The molecule has 16 heavy (non-hydrogen) atoms. The molecule has 86 valence electrons. The first-order valence-electron chi connectivity index (χ1n) is 5.09. The van der Waals surface area contributed by atoms with Crippen molar-refractivity contribution in [3.05, 3.63) is 17.5 Å². The van der Waals surface area contributed by atoms with Crippen LogP contribution < -0.4 is 0 Å². The lowest BCUT2D eigenvalue weighted by molar-refractivity contribution is 0.771. The lowest BCUT2D eigenvalue weighted by Gasteiger charge is -2.19. The third-order valence-corrected chi connectivity index (χ3v) is 4.01. The van der Waals surface area contributed by atoms with Crippen molar-refractivity contribution in [2.45, 2.75) is 38.9 Å². The maximum Gasteiger partial charge on any atom is 0.163 e. The first-order chi connectivity index (χ1) is 7.41. The third kappa shape index (κ3) is 2.83. The highest BCUT2D eigenvalue weighted by Crippen LogP contribution is 2.29. The van der Waals surface area contributed by atoms with E-state index < -0.39 is 4.75 Å². The molecule has 5 heteroatoms. The van der Waals surface area contributed by atoms with Gasteiger partial charge in [-0.3, -0.25) is 0 Å². The Morgan fingerprint density at radius 1 is 1.69 bits per heavy atom. The molecule has 0 radical (unpaired) electrons. The highest BCUT2D eigenvalue weighted by atomic mass is 32.2. The average molecular weight is 253 g/mol. The molecule has 0 aliphatic rings. The molecule has 0 spiro atoms. The van der Waals surface area contributed by atoms with Gasteiger partial charge in [0.1, 0.15) is 4.75 Å². The minimum atomic E-state index is -0.469. The summed E-state index contributed by atoms with van der Waals surface area (Å²) >= 11 is 6.71. The number of nitrogens with zero attached hydrogens (tertiary/aromatic N) is 3. The molecule has 0 saturated heterocycles. The van der Waals surface area contributed by atoms with Crippen LogP contribution in [0, 0.1) is 25.2 Å². The van der Waals surface area contributed by atoms with E-state index in [0.29, 0.717) is 4.32 Å². The normalized spacial score (nSPS) is 14.2. The number of aryl methyl sites for hydroxylation is 2. The largest absolute Gasteiger partial charge is 0.220 e. The first kappa shape index (κ1) is 13.2. The Morgan fingerprint density at radius 2 is 2.31 bits per heavy atom. The summed E-state index contributed by atoms with van der Waals surface area (Å²) in [6.07, 6.45) is 0.758. The molecular formula is C11H15N3S2. The van der Waals surface area contributed by atoms with E-state index in [2.05, 4.69) is 11.2 Å². The zero-order valence-corrected chi connectivity index (χ0v) is 11.6. The summed E-state index contributed by atoms with van der Waals surface area (Å²) < 4.78 is 1.89. The van der Waals surface area contributed by atoms with Crippen molar-refractivity contribution in [2.75, 3.05) is 0 Å². The minimum absolute atomic E-state index is 0.469. The molecule has 1 unspecified atom stereocenters. The standard InChI is InChI=1S/C11H15N3S2/c1-5-11(4,7-12)16-10(15)14-9(3)6-8(2)13-14/h6H,5H2,1-4H3. The zero-order chi connectivity index (χ0) is 12.3. The average Bonchev–Trinajstić information content (AvgIpc) is 2.57. The van der Waals surface area contributed by atoms with Gasteiger partial charge in [0.05, 0.1) is 11.8 Å². The van der Waals surface area contributed by atoms with Crippen molar-refractivity contribution >= 4 is 28.3 Å². The van der Waals surface area contributed by atoms with Gasteiger partial charge in [0.15, 0.2) is 4.32 Å². The summed E-state index contributed by atoms with van der Waals surface area (Å²) in [5.74, 6) is 0. The highest BCUT2D eigenvalue weighted by Gasteiger charge is 2.25. The SMILES string of the molecule is CCC(C)(C#N)SC(=S)n1nc(C)cc1C. The fraction of sp³-hybridized carbons (Fsp3) is 0.545. The van der Waals surface area contributed by atoms with Crippen LogP contribution in [0.15, 0.2) is 6.07 Å². The van der Waals surface area contributed by atoms with Crippen molar-refractivity contribution in [3.63, 3.8) is 0 Å². The van der Waals surface area contributed by atoms with E-state index in [0.717, 1.165) is 17.8 Å². The van der Waals surface area contributed by atoms with Crippen LogP contribution in [0.25, 0.3) is 0 Å². The number of hydrogen-bond acceptors (Lipinski definition) is 4. The summed E-state index contributed by atoms with van der Waals surface area (Å²) in [5, 5.41) is 13.4. The van der Waals surface area contributed by atoms with Crippen LogP contribution >= 0.6 is 24.0 Å². The summed E-state index contributed by atoms with van der Waals surface area (Å²) in [5.41, 5.74) is 1.95. The van der Waals surface area contributed by atoms with Crippen LogP contribution in [0.2, 0.25) is 0 Å². The first-order valence-corrected chi connectivity index (χ1v) is 6.32. The molecule has 1 aromatic heterocycles. The van der Waals surface area contributed by atoms with Crippen LogP contribution in [0.4, 0.5) is 0 Å². The Hall–Kier alpha value is -0.860. The van der Waals surface area contributed by atoms with Crippen molar-refractivity contribution in [2.24, 2.45) is 0 Å². The molecular weight excluding hydrogens is 238 g/mol. The number of aromatic nitrogens is 2. The van der Waals surface area contributed by atoms with Crippen molar-refractivity contribution < 1.29 is 0 Å². The van der Waals surface area contributed by atoms with Crippen LogP contribution in [0.3, 0.4) is 0 Å². The predicted molar refractivity (Wildman–Crippen MR) is 71.6 cm³/mol. The number of thiocarbonyl (C=S) groups is 1. The zero-order valence-electron chi connectivity index (χ0n) is 9.94. The van der Waals surface area contributed by atoms with Crippen molar-refractivity contribution in [1.82, 2.24) is 9.78 Å². The molecule has 0 aliphatic carbocycles. The van der Waals surface area contributed by atoms with Gasteiger partial charge in [-0.25, -0.2) is 4.68 Å². The maximum absolute atomic E-state index is 9.10. The van der Waals surface area contributed by atoms with Crippen molar-refractivity contribution in [3.8, 4) is 6.07 Å². The summed E-state index contributed by atoms with van der Waals surface area (Å²) in [7, 11) is 0. The molecule has 1 aromatic rings. The Labute approximate surface area is 106 Å². The lowest BCUT2D eigenvalue weighted by Crippen LogP contribution is -2.22. The molecule has 3 nitrogen and oxygen atoms in total. The molecule has 1 heterocycles. The molecule has 1 atom stereocenters. The summed E-state index contributed by atoms with van der Waals surface area (Å²) in [4.78, 5) is 0. The Balaban J connectivity index is 2.89.